The van der Waals surface area contributed by atoms with Crippen LogP contribution in [0.15, 0.2) is 24.3 Å². The van der Waals surface area contributed by atoms with Gasteiger partial charge >= 0.3 is 0 Å². The number of benzene rings is 1. The highest BCUT2D eigenvalue weighted by Crippen LogP contribution is 2.21. The van der Waals surface area contributed by atoms with Crippen LogP contribution < -0.4 is 5.32 Å². The standard InChI is InChI=1S/C9H12ClN.ClH/c1-7(11-2)8-5-3-4-6-9(8)10;/h3-7,11H,1-2H3;1H/t7-;/m0./s1. The minimum Gasteiger partial charge on any atom is -0.313 e. The second kappa shape index (κ2) is 5.41. The highest BCUT2D eigenvalue weighted by molar-refractivity contribution is 6.31. The molecule has 1 nitrogen and oxygen atoms in total. The Labute approximate surface area is 84.5 Å². The lowest BCUT2D eigenvalue weighted by atomic mass is 10.1. The van der Waals surface area contributed by atoms with Crippen LogP contribution in [0, 0.1) is 0 Å². The molecule has 0 saturated carbocycles. The van der Waals surface area contributed by atoms with Crippen molar-refractivity contribution in [1.29, 1.82) is 0 Å². The van der Waals surface area contributed by atoms with Crippen LogP contribution in [0.1, 0.15) is 18.5 Å². The Morgan fingerprint density at radius 1 is 1.33 bits per heavy atom. The van der Waals surface area contributed by atoms with Crippen LogP contribution in [0.25, 0.3) is 0 Å². The van der Waals surface area contributed by atoms with E-state index in [1.54, 1.807) is 0 Å². The Balaban J connectivity index is 0.00000121. The van der Waals surface area contributed by atoms with E-state index in [0.717, 1.165) is 10.6 Å². The fourth-order valence-corrected chi connectivity index (χ4v) is 1.28. The van der Waals surface area contributed by atoms with Gasteiger partial charge in [0.25, 0.3) is 0 Å². The molecule has 0 radical (unpaired) electrons. The quantitative estimate of drug-likeness (QED) is 0.784. The van der Waals surface area contributed by atoms with Crippen LogP contribution in [0.5, 0.6) is 0 Å². The van der Waals surface area contributed by atoms with Crippen LogP contribution in [0.2, 0.25) is 5.02 Å². The summed E-state index contributed by atoms with van der Waals surface area (Å²) in [6, 6.07) is 8.20. The molecule has 1 atom stereocenters. The third-order valence-corrected chi connectivity index (χ3v) is 2.15. The lowest BCUT2D eigenvalue weighted by Gasteiger charge is -2.11. The molecule has 0 heterocycles. The Morgan fingerprint density at radius 3 is 2.42 bits per heavy atom. The molecule has 0 bridgehead atoms. The van der Waals surface area contributed by atoms with Gasteiger partial charge in [0.05, 0.1) is 0 Å². The van der Waals surface area contributed by atoms with Crippen LogP contribution in [-0.2, 0) is 0 Å². The molecular weight excluding hydrogens is 193 g/mol. The van der Waals surface area contributed by atoms with Crippen molar-refractivity contribution >= 4 is 24.0 Å². The van der Waals surface area contributed by atoms with Gasteiger partial charge in [0.1, 0.15) is 0 Å². The molecular formula is C9H13Cl2N. The van der Waals surface area contributed by atoms with E-state index in [0.29, 0.717) is 6.04 Å². The molecule has 3 heteroatoms. The summed E-state index contributed by atoms with van der Waals surface area (Å²) in [4.78, 5) is 0. The summed E-state index contributed by atoms with van der Waals surface area (Å²) in [5.41, 5.74) is 1.15. The second-order valence-electron chi connectivity index (χ2n) is 2.53. The number of rotatable bonds is 2. The lowest BCUT2D eigenvalue weighted by molar-refractivity contribution is 0.652. The van der Waals surface area contributed by atoms with Crippen LogP contribution in [-0.4, -0.2) is 7.05 Å². The minimum absolute atomic E-state index is 0. The van der Waals surface area contributed by atoms with Gasteiger partial charge in [0.15, 0.2) is 0 Å². The average Bonchev–Trinajstić information content (AvgIpc) is 2.04. The van der Waals surface area contributed by atoms with Gasteiger partial charge in [-0.2, -0.15) is 0 Å². The Bertz CT molecular complexity index is 238. The zero-order chi connectivity index (χ0) is 8.27. The topological polar surface area (TPSA) is 12.0 Å². The van der Waals surface area contributed by atoms with E-state index in [2.05, 4.69) is 12.2 Å². The molecule has 1 N–H and O–H groups in total. The molecule has 0 aromatic heterocycles. The zero-order valence-corrected chi connectivity index (χ0v) is 8.75. The van der Waals surface area contributed by atoms with Crippen molar-refractivity contribution in [3.8, 4) is 0 Å². The number of nitrogens with one attached hydrogen (secondary N) is 1. The molecule has 0 unspecified atom stereocenters. The zero-order valence-electron chi connectivity index (χ0n) is 7.17. The number of hydrogen-bond donors (Lipinski definition) is 1. The molecule has 0 amide bonds. The van der Waals surface area contributed by atoms with Crippen molar-refractivity contribution in [2.75, 3.05) is 7.05 Å². The molecule has 1 aromatic rings. The van der Waals surface area contributed by atoms with Gasteiger partial charge in [0, 0.05) is 11.1 Å². The average molecular weight is 206 g/mol. The highest BCUT2D eigenvalue weighted by Gasteiger charge is 2.04. The summed E-state index contributed by atoms with van der Waals surface area (Å²) in [6.45, 7) is 2.08. The third-order valence-electron chi connectivity index (χ3n) is 1.80. The first-order valence-electron chi connectivity index (χ1n) is 3.67. The second-order valence-corrected chi connectivity index (χ2v) is 2.94. The minimum atomic E-state index is 0. The molecule has 0 fully saturated rings. The first kappa shape index (κ1) is 11.8. The van der Waals surface area contributed by atoms with Crippen LogP contribution in [0.4, 0.5) is 0 Å². The van der Waals surface area contributed by atoms with Gasteiger partial charge < -0.3 is 5.32 Å². The maximum atomic E-state index is 5.96. The summed E-state index contributed by atoms with van der Waals surface area (Å²) >= 11 is 5.96. The van der Waals surface area contributed by atoms with E-state index in [1.165, 1.54) is 0 Å². The predicted octanol–water partition coefficient (Wildman–Crippen LogP) is 3.04. The molecule has 0 aliphatic rings. The normalized spacial score (nSPS) is 11.9. The van der Waals surface area contributed by atoms with Gasteiger partial charge in [-0.3, -0.25) is 0 Å². The van der Waals surface area contributed by atoms with Crippen molar-refractivity contribution in [1.82, 2.24) is 5.32 Å². The van der Waals surface area contributed by atoms with E-state index in [9.17, 15) is 0 Å². The fraction of sp³-hybridized carbons (Fsp3) is 0.333. The van der Waals surface area contributed by atoms with Gasteiger partial charge in [-0.15, -0.1) is 12.4 Å². The van der Waals surface area contributed by atoms with Gasteiger partial charge in [-0.1, -0.05) is 29.8 Å². The van der Waals surface area contributed by atoms with Gasteiger partial charge in [-0.25, -0.2) is 0 Å². The number of halogens is 2. The van der Waals surface area contributed by atoms with Crippen molar-refractivity contribution in [3.05, 3.63) is 34.9 Å². The molecule has 1 rings (SSSR count). The van der Waals surface area contributed by atoms with Gasteiger partial charge in [0.2, 0.25) is 0 Å². The maximum absolute atomic E-state index is 5.96. The van der Waals surface area contributed by atoms with E-state index in [4.69, 9.17) is 11.6 Å². The number of hydrogen-bond acceptors (Lipinski definition) is 1. The van der Waals surface area contributed by atoms with Crippen molar-refractivity contribution in [2.24, 2.45) is 0 Å². The molecule has 1 aromatic carbocycles. The third kappa shape index (κ3) is 2.67. The largest absolute Gasteiger partial charge is 0.313 e. The maximum Gasteiger partial charge on any atom is 0.0453 e. The summed E-state index contributed by atoms with van der Waals surface area (Å²) in [7, 11) is 1.92. The van der Waals surface area contributed by atoms with E-state index in [1.807, 2.05) is 31.3 Å². The van der Waals surface area contributed by atoms with Crippen molar-refractivity contribution in [2.45, 2.75) is 13.0 Å². The van der Waals surface area contributed by atoms with E-state index < -0.39 is 0 Å². The Morgan fingerprint density at radius 2 is 1.92 bits per heavy atom. The molecule has 0 aliphatic carbocycles. The SMILES string of the molecule is CN[C@@H](C)c1ccccc1Cl.Cl. The first-order chi connectivity index (χ1) is 5.25. The van der Waals surface area contributed by atoms with Crippen molar-refractivity contribution < 1.29 is 0 Å². The van der Waals surface area contributed by atoms with Crippen LogP contribution in [0.3, 0.4) is 0 Å². The summed E-state index contributed by atoms with van der Waals surface area (Å²) in [5.74, 6) is 0. The Kier molecular flexibility index (Phi) is 5.31. The van der Waals surface area contributed by atoms with E-state index in [-0.39, 0.29) is 12.4 Å². The lowest BCUT2D eigenvalue weighted by Crippen LogP contribution is -2.12. The summed E-state index contributed by atoms with van der Waals surface area (Å²) in [5, 5.41) is 3.97. The first-order valence-corrected chi connectivity index (χ1v) is 4.05. The monoisotopic (exact) mass is 205 g/mol. The molecule has 68 valence electrons. The Hall–Kier alpha value is -0.240. The molecule has 12 heavy (non-hydrogen) atoms. The summed E-state index contributed by atoms with van der Waals surface area (Å²) < 4.78 is 0. The fourth-order valence-electron chi connectivity index (χ4n) is 0.982. The molecule has 0 saturated heterocycles. The van der Waals surface area contributed by atoms with E-state index >= 15 is 0 Å². The van der Waals surface area contributed by atoms with Gasteiger partial charge in [-0.05, 0) is 25.6 Å². The molecule has 0 spiro atoms. The highest BCUT2D eigenvalue weighted by atomic mass is 35.5. The summed E-state index contributed by atoms with van der Waals surface area (Å²) in [6.07, 6.45) is 0. The van der Waals surface area contributed by atoms with Crippen LogP contribution >= 0.6 is 24.0 Å². The van der Waals surface area contributed by atoms with Crippen molar-refractivity contribution in [3.63, 3.8) is 0 Å². The predicted molar refractivity (Wildman–Crippen MR) is 56.2 cm³/mol. The molecule has 0 aliphatic heterocycles. The smallest absolute Gasteiger partial charge is 0.0453 e.